The number of hydrogen-bond acceptors (Lipinski definition) is 4. The van der Waals surface area contributed by atoms with Crippen molar-refractivity contribution in [3.8, 4) is 0 Å². The van der Waals surface area contributed by atoms with Gasteiger partial charge in [-0.1, -0.05) is 24.3 Å². The van der Waals surface area contributed by atoms with E-state index >= 15 is 0 Å². The van der Waals surface area contributed by atoms with Crippen molar-refractivity contribution >= 4 is 11.8 Å². The van der Waals surface area contributed by atoms with Crippen molar-refractivity contribution in [2.24, 2.45) is 0 Å². The van der Waals surface area contributed by atoms with Crippen molar-refractivity contribution in [1.29, 1.82) is 0 Å². The summed E-state index contributed by atoms with van der Waals surface area (Å²) in [7, 11) is 1.59. The number of methoxy groups -OCH3 is 1. The molecule has 1 heterocycles. The zero-order valence-electron chi connectivity index (χ0n) is 13.8. The normalized spacial score (nSPS) is 18.5. The van der Waals surface area contributed by atoms with Gasteiger partial charge in [0.15, 0.2) is 0 Å². The maximum Gasteiger partial charge on any atom is 0.237 e. The van der Waals surface area contributed by atoms with Gasteiger partial charge in [-0.15, -0.1) is 0 Å². The lowest BCUT2D eigenvalue weighted by atomic mass is 10.0. The standard InChI is InChI=1S/C17H25N3O3/c1-13-5-3-4-6-14(13)12-20-9-7-19-17(22)15(20)11-16(21)18-8-10-23-2/h3-6,15H,7-12H2,1-2H3,(H,18,21)(H,19,22). The van der Waals surface area contributed by atoms with Gasteiger partial charge in [0.25, 0.3) is 0 Å². The lowest BCUT2D eigenvalue weighted by Gasteiger charge is -2.35. The first kappa shape index (κ1) is 17.4. The van der Waals surface area contributed by atoms with Crippen LogP contribution in [0.15, 0.2) is 24.3 Å². The number of piperazine rings is 1. The smallest absolute Gasteiger partial charge is 0.237 e. The molecule has 0 bridgehead atoms. The molecule has 2 amide bonds. The van der Waals surface area contributed by atoms with Gasteiger partial charge in [0.1, 0.15) is 0 Å². The second-order valence-corrected chi connectivity index (χ2v) is 5.75. The third kappa shape index (κ3) is 5.04. The van der Waals surface area contributed by atoms with Crippen molar-refractivity contribution in [3.63, 3.8) is 0 Å². The first-order valence-corrected chi connectivity index (χ1v) is 7.93. The van der Waals surface area contributed by atoms with Crippen LogP contribution in [0.5, 0.6) is 0 Å². The number of rotatable bonds is 7. The third-order valence-electron chi connectivity index (χ3n) is 4.08. The number of ether oxygens (including phenoxy) is 1. The average molecular weight is 319 g/mol. The Balaban J connectivity index is 2.00. The third-order valence-corrected chi connectivity index (χ3v) is 4.08. The van der Waals surface area contributed by atoms with Gasteiger partial charge in [0.05, 0.1) is 19.1 Å². The predicted molar refractivity (Wildman–Crippen MR) is 87.9 cm³/mol. The van der Waals surface area contributed by atoms with E-state index < -0.39 is 6.04 Å². The number of aryl methyl sites for hydroxylation is 1. The Morgan fingerprint density at radius 1 is 1.43 bits per heavy atom. The summed E-state index contributed by atoms with van der Waals surface area (Å²) in [6, 6.07) is 7.70. The van der Waals surface area contributed by atoms with E-state index in [1.807, 2.05) is 12.1 Å². The molecule has 1 aromatic carbocycles. The molecule has 1 fully saturated rings. The minimum atomic E-state index is -0.425. The molecule has 2 rings (SSSR count). The van der Waals surface area contributed by atoms with Gasteiger partial charge in [-0.05, 0) is 18.1 Å². The van der Waals surface area contributed by atoms with Crippen LogP contribution in [0.1, 0.15) is 17.5 Å². The molecule has 0 spiro atoms. The number of carbonyl (C=O) groups excluding carboxylic acids is 2. The molecular weight excluding hydrogens is 294 g/mol. The molecule has 1 unspecified atom stereocenters. The zero-order valence-corrected chi connectivity index (χ0v) is 13.8. The Kier molecular flexibility index (Phi) is 6.55. The van der Waals surface area contributed by atoms with E-state index in [2.05, 4.69) is 34.6 Å². The fourth-order valence-corrected chi connectivity index (χ4v) is 2.72. The maximum absolute atomic E-state index is 12.2. The number of nitrogens with one attached hydrogen (secondary N) is 2. The molecule has 0 aliphatic carbocycles. The highest BCUT2D eigenvalue weighted by atomic mass is 16.5. The molecule has 1 aromatic rings. The summed E-state index contributed by atoms with van der Waals surface area (Å²) in [5.74, 6) is -0.203. The largest absolute Gasteiger partial charge is 0.383 e. The summed E-state index contributed by atoms with van der Waals surface area (Å²) in [4.78, 5) is 26.3. The van der Waals surface area contributed by atoms with E-state index in [0.717, 1.165) is 6.54 Å². The summed E-state index contributed by atoms with van der Waals surface area (Å²) < 4.78 is 4.91. The summed E-state index contributed by atoms with van der Waals surface area (Å²) in [6.45, 7) is 5.03. The molecule has 2 N–H and O–H groups in total. The summed E-state index contributed by atoms with van der Waals surface area (Å²) in [6.07, 6.45) is 0.168. The van der Waals surface area contributed by atoms with Crippen molar-refractivity contribution in [2.45, 2.75) is 25.9 Å². The highest BCUT2D eigenvalue weighted by molar-refractivity contribution is 5.88. The minimum Gasteiger partial charge on any atom is -0.383 e. The first-order chi connectivity index (χ1) is 11.1. The number of hydrogen-bond donors (Lipinski definition) is 2. The number of nitrogens with zero attached hydrogens (tertiary/aromatic N) is 1. The summed E-state index contributed by atoms with van der Waals surface area (Å²) >= 11 is 0. The topological polar surface area (TPSA) is 70.7 Å². The first-order valence-electron chi connectivity index (χ1n) is 7.93. The van der Waals surface area contributed by atoms with Crippen molar-refractivity contribution in [3.05, 3.63) is 35.4 Å². The Morgan fingerprint density at radius 2 is 2.22 bits per heavy atom. The highest BCUT2D eigenvalue weighted by Gasteiger charge is 2.31. The van der Waals surface area contributed by atoms with Crippen molar-refractivity contribution in [2.75, 3.05) is 33.4 Å². The molecule has 6 heteroatoms. The lowest BCUT2D eigenvalue weighted by molar-refractivity contribution is -0.134. The molecule has 0 saturated carbocycles. The van der Waals surface area contributed by atoms with E-state index in [-0.39, 0.29) is 18.2 Å². The Morgan fingerprint density at radius 3 is 2.96 bits per heavy atom. The fourth-order valence-electron chi connectivity index (χ4n) is 2.72. The van der Waals surface area contributed by atoms with Gasteiger partial charge in [-0.3, -0.25) is 14.5 Å². The van der Waals surface area contributed by atoms with E-state index in [1.54, 1.807) is 7.11 Å². The Bertz CT molecular complexity index is 548. The average Bonchev–Trinajstić information content (AvgIpc) is 2.53. The minimum absolute atomic E-state index is 0.0771. The lowest BCUT2D eigenvalue weighted by Crippen LogP contribution is -2.56. The van der Waals surface area contributed by atoms with Gasteiger partial charge >= 0.3 is 0 Å². The van der Waals surface area contributed by atoms with Crippen LogP contribution in [0, 0.1) is 6.92 Å². The SMILES string of the molecule is COCCNC(=O)CC1C(=O)NCCN1Cc1ccccc1C. The second-order valence-electron chi connectivity index (χ2n) is 5.75. The van der Waals surface area contributed by atoms with Gasteiger partial charge in [-0.2, -0.15) is 0 Å². The van der Waals surface area contributed by atoms with E-state index in [0.29, 0.717) is 26.2 Å². The molecule has 6 nitrogen and oxygen atoms in total. The van der Waals surface area contributed by atoms with Crippen LogP contribution in [-0.4, -0.2) is 56.1 Å². The van der Waals surface area contributed by atoms with Crippen LogP contribution >= 0.6 is 0 Å². The predicted octanol–water partition coefficient (Wildman–Crippen LogP) is 0.448. The van der Waals surface area contributed by atoms with E-state index in [4.69, 9.17) is 4.74 Å². The monoisotopic (exact) mass is 319 g/mol. The van der Waals surface area contributed by atoms with Gasteiger partial charge in [0, 0.05) is 33.3 Å². The van der Waals surface area contributed by atoms with E-state index in [9.17, 15) is 9.59 Å². The van der Waals surface area contributed by atoms with Crippen molar-refractivity contribution in [1.82, 2.24) is 15.5 Å². The van der Waals surface area contributed by atoms with Crippen LogP contribution < -0.4 is 10.6 Å². The molecule has 126 valence electrons. The van der Waals surface area contributed by atoms with E-state index in [1.165, 1.54) is 11.1 Å². The second kappa shape index (κ2) is 8.64. The van der Waals surface area contributed by atoms with Crippen LogP contribution in [0.25, 0.3) is 0 Å². The Hall–Kier alpha value is -1.92. The highest BCUT2D eigenvalue weighted by Crippen LogP contribution is 2.16. The molecule has 1 atom stereocenters. The maximum atomic E-state index is 12.2. The molecule has 0 radical (unpaired) electrons. The Labute approximate surface area is 137 Å². The molecular formula is C17H25N3O3. The molecule has 1 aliphatic heterocycles. The quantitative estimate of drug-likeness (QED) is 0.716. The van der Waals surface area contributed by atoms with Crippen molar-refractivity contribution < 1.29 is 14.3 Å². The van der Waals surface area contributed by atoms with Crippen LogP contribution in [0.2, 0.25) is 0 Å². The number of amides is 2. The summed E-state index contributed by atoms with van der Waals surface area (Å²) in [5.41, 5.74) is 2.38. The molecule has 1 saturated heterocycles. The molecule has 0 aromatic heterocycles. The summed E-state index contributed by atoms with van der Waals surface area (Å²) in [5, 5.41) is 5.63. The van der Waals surface area contributed by atoms with Gasteiger partial charge in [-0.25, -0.2) is 0 Å². The van der Waals surface area contributed by atoms with Gasteiger partial charge in [0.2, 0.25) is 11.8 Å². The van der Waals surface area contributed by atoms with Crippen LogP contribution in [0.3, 0.4) is 0 Å². The van der Waals surface area contributed by atoms with Crippen LogP contribution in [-0.2, 0) is 20.9 Å². The van der Waals surface area contributed by atoms with Gasteiger partial charge < -0.3 is 15.4 Å². The van der Waals surface area contributed by atoms with Crippen LogP contribution in [0.4, 0.5) is 0 Å². The fraction of sp³-hybridized carbons (Fsp3) is 0.529. The molecule has 1 aliphatic rings. The molecule has 23 heavy (non-hydrogen) atoms. The number of benzene rings is 1. The number of carbonyl (C=O) groups is 2. The zero-order chi connectivity index (χ0) is 16.7.